The van der Waals surface area contributed by atoms with E-state index in [0.29, 0.717) is 11.3 Å². The van der Waals surface area contributed by atoms with Crippen LogP contribution in [0.4, 0.5) is 10.5 Å². The van der Waals surface area contributed by atoms with Crippen LogP contribution in [0.3, 0.4) is 0 Å². The van der Waals surface area contributed by atoms with Gasteiger partial charge in [0.05, 0.1) is 43.8 Å². The van der Waals surface area contributed by atoms with E-state index in [1.807, 2.05) is 88.4 Å². The predicted octanol–water partition coefficient (Wildman–Crippen LogP) is 6.05. The minimum atomic E-state index is -3.80. The number of benzene rings is 4. The molecular formula is C41H50N4O8S. The van der Waals surface area contributed by atoms with Gasteiger partial charge in [0.1, 0.15) is 5.75 Å². The van der Waals surface area contributed by atoms with Crippen molar-refractivity contribution in [3.05, 3.63) is 131 Å². The van der Waals surface area contributed by atoms with Gasteiger partial charge in [-0.25, -0.2) is 13.2 Å². The smallest absolute Gasteiger partial charge is 0.407 e. The normalized spacial score (nSPS) is 13.9. The van der Waals surface area contributed by atoms with E-state index in [0.717, 1.165) is 26.6 Å². The lowest BCUT2D eigenvalue weighted by molar-refractivity contribution is 0.0456. The SMILES string of the molecule is COc1cccc(CN(C[C@@H](O)[C@@H](NC(=O)c2cc(C(=O)N[C@H](C)c3ccccc3)cc(N(C)S(C)(=O)=O)c2)C(c2ccccc2)C(C)(C)C)C(=O)O)c1. The molecule has 4 atom stereocenters. The average Bonchev–Trinajstić information content (AvgIpc) is 3.13. The quantitative estimate of drug-likeness (QED) is 0.114. The first-order chi connectivity index (χ1) is 25.4. The molecule has 0 heterocycles. The molecule has 0 saturated heterocycles. The number of aliphatic hydroxyl groups excluding tert-OH is 1. The van der Waals surface area contributed by atoms with Gasteiger partial charge >= 0.3 is 6.09 Å². The molecule has 0 radical (unpaired) electrons. The Balaban J connectivity index is 1.76. The average molecular weight is 759 g/mol. The summed E-state index contributed by atoms with van der Waals surface area (Å²) in [5.74, 6) is -1.23. The number of nitrogens with zero attached hydrogens (tertiary/aromatic N) is 2. The summed E-state index contributed by atoms with van der Waals surface area (Å²) in [5, 5.41) is 28.1. The Morgan fingerprint density at radius 2 is 1.37 bits per heavy atom. The molecule has 0 aliphatic rings. The van der Waals surface area contributed by atoms with Crippen LogP contribution in [0.15, 0.2) is 103 Å². The summed E-state index contributed by atoms with van der Waals surface area (Å²) in [4.78, 5) is 41.6. The third-order valence-electron chi connectivity index (χ3n) is 9.30. The van der Waals surface area contributed by atoms with Gasteiger partial charge in [-0.05, 0) is 59.4 Å². The Hall–Kier alpha value is -5.40. The molecule has 1 unspecified atom stereocenters. The van der Waals surface area contributed by atoms with Gasteiger partial charge in [0.2, 0.25) is 10.0 Å². The van der Waals surface area contributed by atoms with Gasteiger partial charge in [0, 0.05) is 30.6 Å². The Bertz CT molecular complexity index is 2020. The van der Waals surface area contributed by atoms with Crippen molar-refractivity contribution in [3.8, 4) is 5.75 Å². The topological polar surface area (TPSA) is 166 Å². The minimum Gasteiger partial charge on any atom is -0.497 e. The van der Waals surface area contributed by atoms with Crippen molar-refractivity contribution in [2.24, 2.45) is 5.41 Å². The first-order valence-electron chi connectivity index (χ1n) is 17.5. The molecule has 4 N–H and O–H groups in total. The van der Waals surface area contributed by atoms with E-state index in [9.17, 15) is 33.0 Å². The number of hydrogen-bond acceptors (Lipinski definition) is 7. The van der Waals surface area contributed by atoms with E-state index in [4.69, 9.17) is 4.74 Å². The third kappa shape index (κ3) is 10.8. The fraction of sp³-hybridized carbons (Fsp3) is 0.341. The van der Waals surface area contributed by atoms with Crippen LogP contribution < -0.4 is 19.7 Å². The summed E-state index contributed by atoms with van der Waals surface area (Å²) in [6.45, 7) is 7.26. The molecule has 0 aliphatic heterocycles. The fourth-order valence-corrected chi connectivity index (χ4v) is 6.92. The van der Waals surface area contributed by atoms with Crippen LogP contribution in [0, 0.1) is 5.41 Å². The Morgan fingerprint density at radius 1 is 0.815 bits per heavy atom. The number of nitrogens with one attached hydrogen (secondary N) is 2. The zero-order chi connectivity index (χ0) is 39.8. The van der Waals surface area contributed by atoms with Crippen molar-refractivity contribution in [1.82, 2.24) is 15.5 Å². The van der Waals surface area contributed by atoms with Crippen LogP contribution in [0.5, 0.6) is 5.75 Å². The van der Waals surface area contributed by atoms with Gasteiger partial charge in [0.15, 0.2) is 0 Å². The molecule has 0 fully saturated rings. The molecule has 3 amide bonds. The highest BCUT2D eigenvalue weighted by molar-refractivity contribution is 7.92. The number of carboxylic acid groups (broad SMARTS) is 1. The molecule has 0 aromatic heterocycles. The predicted molar refractivity (Wildman–Crippen MR) is 209 cm³/mol. The van der Waals surface area contributed by atoms with Crippen molar-refractivity contribution in [3.63, 3.8) is 0 Å². The number of carbonyl (C=O) groups excluding carboxylic acids is 2. The van der Waals surface area contributed by atoms with Gasteiger partial charge < -0.3 is 30.5 Å². The summed E-state index contributed by atoms with van der Waals surface area (Å²) < 4.78 is 31.5. The standard InChI is InChI=1S/C41H50N4O8S/c1-27(29-16-10-8-11-17-29)42-38(47)31-22-32(24-33(23-31)44(5)54(7,51)52)39(48)43-37(36(41(2,3)4)30-18-12-9-13-19-30)35(46)26-45(40(49)50)25-28-15-14-20-34(21-28)53-6/h8-24,27,35-37,46H,25-26H2,1-7H3,(H,42,47)(H,43,48)(H,49,50)/t27-,35-,36?,37-/m1/s1. The summed E-state index contributed by atoms with van der Waals surface area (Å²) in [7, 11) is -0.972. The van der Waals surface area contributed by atoms with Gasteiger partial charge in [-0.3, -0.25) is 13.9 Å². The number of aliphatic hydroxyl groups is 1. The largest absolute Gasteiger partial charge is 0.497 e. The van der Waals surface area contributed by atoms with Gasteiger partial charge in [-0.1, -0.05) is 93.6 Å². The molecule has 0 aliphatic carbocycles. The van der Waals surface area contributed by atoms with Crippen molar-refractivity contribution in [2.75, 3.05) is 31.3 Å². The van der Waals surface area contributed by atoms with Crippen LogP contribution in [-0.4, -0.2) is 80.5 Å². The molecule has 54 heavy (non-hydrogen) atoms. The Kier molecular flexibility index (Phi) is 13.5. The summed E-state index contributed by atoms with van der Waals surface area (Å²) in [6, 6.07) is 28.2. The van der Waals surface area contributed by atoms with E-state index in [1.165, 1.54) is 32.4 Å². The highest BCUT2D eigenvalue weighted by Gasteiger charge is 2.40. The van der Waals surface area contributed by atoms with Crippen molar-refractivity contribution in [1.29, 1.82) is 0 Å². The first-order valence-corrected chi connectivity index (χ1v) is 19.3. The Morgan fingerprint density at radius 3 is 1.89 bits per heavy atom. The lowest BCUT2D eigenvalue weighted by atomic mass is 9.70. The summed E-state index contributed by atoms with van der Waals surface area (Å²) in [5.41, 5.74) is 1.79. The molecule has 288 valence electrons. The van der Waals surface area contributed by atoms with Crippen molar-refractivity contribution < 1.29 is 37.8 Å². The molecule has 13 heteroatoms. The van der Waals surface area contributed by atoms with E-state index in [1.54, 1.807) is 24.3 Å². The third-order valence-corrected chi connectivity index (χ3v) is 10.5. The van der Waals surface area contributed by atoms with Gasteiger partial charge in [-0.15, -0.1) is 0 Å². The number of ether oxygens (including phenoxy) is 1. The molecule has 4 aromatic carbocycles. The van der Waals surface area contributed by atoms with Crippen LogP contribution in [0.2, 0.25) is 0 Å². The molecule has 12 nitrogen and oxygen atoms in total. The minimum absolute atomic E-state index is 0.0371. The van der Waals surface area contributed by atoms with Gasteiger partial charge in [0.25, 0.3) is 11.8 Å². The first kappa shape index (κ1) is 41.4. The van der Waals surface area contributed by atoms with Crippen molar-refractivity contribution in [2.45, 2.75) is 58.3 Å². The number of methoxy groups -OCH3 is 1. The number of anilines is 1. The Labute approximate surface area is 317 Å². The number of hydrogen-bond donors (Lipinski definition) is 4. The van der Waals surface area contributed by atoms with Crippen LogP contribution >= 0.6 is 0 Å². The number of rotatable bonds is 15. The molecule has 4 rings (SSSR count). The van der Waals surface area contributed by atoms with Crippen LogP contribution in [0.1, 0.15) is 77.1 Å². The van der Waals surface area contributed by atoms with E-state index < -0.39 is 57.5 Å². The maximum absolute atomic E-state index is 14.4. The number of amides is 3. The van der Waals surface area contributed by atoms with Crippen LogP contribution in [0.25, 0.3) is 0 Å². The highest BCUT2D eigenvalue weighted by Crippen LogP contribution is 2.39. The zero-order valence-corrected chi connectivity index (χ0v) is 32.5. The molecule has 0 spiro atoms. The summed E-state index contributed by atoms with van der Waals surface area (Å²) >= 11 is 0. The van der Waals surface area contributed by atoms with E-state index in [-0.39, 0.29) is 29.9 Å². The maximum Gasteiger partial charge on any atom is 0.407 e. The molecule has 0 saturated carbocycles. The second-order valence-corrected chi connectivity index (χ2v) is 16.5. The lowest BCUT2D eigenvalue weighted by Gasteiger charge is -2.41. The molecular weight excluding hydrogens is 709 g/mol. The molecule has 4 aromatic rings. The number of sulfonamides is 1. The second-order valence-electron chi connectivity index (χ2n) is 14.4. The maximum atomic E-state index is 14.4. The molecule has 0 bridgehead atoms. The second kappa shape index (κ2) is 17.6. The zero-order valence-electron chi connectivity index (χ0n) is 31.7. The van der Waals surface area contributed by atoms with E-state index >= 15 is 0 Å². The van der Waals surface area contributed by atoms with Crippen molar-refractivity contribution >= 4 is 33.6 Å². The van der Waals surface area contributed by atoms with E-state index in [2.05, 4.69) is 10.6 Å². The van der Waals surface area contributed by atoms with Crippen LogP contribution in [-0.2, 0) is 16.6 Å². The lowest BCUT2D eigenvalue weighted by Crippen LogP contribution is -2.54. The number of carbonyl (C=O) groups is 3. The highest BCUT2D eigenvalue weighted by atomic mass is 32.2. The van der Waals surface area contributed by atoms with Gasteiger partial charge in [-0.2, -0.15) is 0 Å². The monoisotopic (exact) mass is 758 g/mol. The fourth-order valence-electron chi connectivity index (χ4n) is 6.44. The summed E-state index contributed by atoms with van der Waals surface area (Å²) in [6.07, 6.45) is -1.68.